The van der Waals surface area contributed by atoms with Crippen molar-refractivity contribution in [2.24, 2.45) is 0 Å². The molecule has 2 atom stereocenters. The number of nitrogens with two attached hydrogens (primary N) is 1. The van der Waals surface area contributed by atoms with Crippen molar-refractivity contribution >= 4 is 29.4 Å². The monoisotopic (exact) mass is 466 g/mol. The topological polar surface area (TPSA) is 106 Å². The smallest absolute Gasteiger partial charge is 0.252 e. The molecule has 9 heteroatoms. The average Bonchev–Trinajstić information content (AvgIpc) is 3.00. The number of benzene rings is 2. The fraction of sp³-hybridized carbons (Fsp3) is 0.208. The van der Waals surface area contributed by atoms with Crippen LogP contribution in [0.1, 0.15) is 27.6 Å². The lowest BCUT2D eigenvalue weighted by molar-refractivity contribution is -0.121. The number of amides is 2. The minimum atomic E-state index is -0.399. The predicted octanol–water partition coefficient (Wildman–Crippen LogP) is 3.69. The van der Waals surface area contributed by atoms with Crippen molar-refractivity contribution in [1.82, 2.24) is 15.6 Å². The number of nitrogens with one attached hydrogen (secondary N) is 2. The number of pyridine rings is 1. The molecule has 2 heterocycles. The molecule has 4 rings (SSSR count). The molecular weight excluding hydrogens is 443 g/mol. The zero-order valence-electron chi connectivity index (χ0n) is 17.7. The summed E-state index contributed by atoms with van der Waals surface area (Å²) in [6.45, 7) is 0.315. The van der Waals surface area contributed by atoms with Crippen LogP contribution in [0.15, 0.2) is 66.9 Å². The first-order valence-electron chi connectivity index (χ1n) is 10.4. The highest BCUT2D eigenvalue weighted by Crippen LogP contribution is 2.34. The van der Waals surface area contributed by atoms with E-state index in [9.17, 15) is 14.0 Å². The fourth-order valence-electron chi connectivity index (χ4n) is 3.39. The third-order valence-corrected chi connectivity index (χ3v) is 6.39. The predicted molar refractivity (Wildman–Crippen MR) is 126 cm³/mol. The summed E-state index contributed by atoms with van der Waals surface area (Å²) in [6, 6.07) is 16.1. The Bertz CT molecular complexity index is 1130. The summed E-state index contributed by atoms with van der Waals surface area (Å²) in [6.07, 6.45) is 2.14. The van der Waals surface area contributed by atoms with Gasteiger partial charge in [-0.3, -0.25) is 9.59 Å². The van der Waals surface area contributed by atoms with Crippen LogP contribution < -0.4 is 21.1 Å². The van der Waals surface area contributed by atoms with Crippen molar-refractivity contribution in [3.63, 3.8) is 0 Å². The van der Waals surface area contributed by atoms with E-state index < -0.39 is 5.25 Å². The van der Waals surface area contributed by atoms with Gasteiger partial charge in [-0.25, -0.2) is 9.37 Å². The summed E-state index contributed by atoms with van der Waals surface area (Å²) in [5, 5.41) is 5.47. The molecule has 1 aliphatic heterocycles. The largest absolute Gasteiger partial charge is 0.457 e. The molecule has 2 amide bonds. The number of rotatable bonds is 6. The molecule has 33 heavy (non-hydrogen) atoms. The molecule has 7 nitrogen and oxygen atoms in total. The van der Waals surface area contributed by atoms with Crippen molar-refractivity contribution < 1.29 is 18.7 Å². The first-order chi connectivity index (χ1) is 16.0. The van der Waals surface area contributed by atoms with Crippen molar-refractivity contribution in [1.29, 1.82) is 0 Å². The zero-order chi connectivity index (χ0) is 23.2. The summed E-state index contributed by atoms with van der Waals surface area (Å²) >= 11 is 1.54. The van der Waals surface area contributed by atoms with Gasteiger partial charge >= 0.3 is 0 Å². The molecule has 1 aromatic heterocycles. The van der Waals surface area contributed by atoms with Crippen LogP contribution in [0.5, 0.6) is 11.5 Å². The van der Waals surface area contributed by atoms with Gasteiger partial charge in [0.05, 0.1) is 5.56 Å². The molecule has 0 spiro atoms. The maximum Gasteiger partial charge on any atom is 0.252 e. The molecular formula is C24H23FN4O3S. The Morgan fingerprint density at radius 3 is 2.76 bits per heavy atom. The van der Waals surface area contributed by atoms with E-state index >= 15 is 0 Å². The van der Waals surface area contributed by atoms with Crippen LogP contribution >= 0.6 is 11.8 Å². The van der Waals surface area contributed by atoms with Crippen LogP contribution in [0.2, 0.25) is 0 Å². The fourth-order valence-corrected chi connectivity index (χ4v) is 4.61. The number of ether oxygens (including phenoxy) is 1. The van der Waals surface area contributed by atoms with E-state index in [0.717, 1.165) is 17.7 Å². The lowest BCUT2D eigenvalue weighted by Gasteiger charge is -2.18. The average molecular weight is 467 g/mol. The van der Waals surface area contributed by atoms with Gasteiger partial charge in [-0.2, -0.15) is 0 Å². The molecule has 1 aliphatic rings. The van der Waals surface area contributed by atoms with E-state index in [2.05, 4.69) is 15.6 Å². The zero-order valence-corrected chi connectivity index (χ0v) is 18.5. The van der Waals surface area contributed by atoms with E-state index in [0.29, 0.717) is 29.4 Å². The normalized spacial score (nSPS) is 18.2. The maximum absolute atomic E-state index is 13.1. The van der Waals surface area contributed by atoms with Gasteiger partial charge in [0.1, 0.15) is 28.4 Å². The molecule has 0 saturated carbocycles. The second-order valence-corrected chi connectivity index (χ2v) is 8.77. The lowest BCUT2D eigenvalue weighted by atomic mass is 10.1. The summed E-state index contributed by atoms with van der Waals surface area (Å²) < 4.78 is 18.9. The number of carbonyl (C=O) groups is 2. The van der Waals surface area contributed by atoms with Gasteiger partial charge in [-0.1, -0.05) is 12.1 Å². The molecule has 1 saturated heterocycles. The van der Waals surface area contributed by atoms with E-state index in [1.807, 2.05) is 18.2 Å². The summed E-state index contributed by atoms with van der Waals surface area (Å²) in [4.78, 5) is 29.2. The van der Waals surface area contributed by atoms with Crippen molar-refractivity contribution in [2.75, 3.05) is 18.0 Å². The van der Waals surface area contributed by atoms with Gasteiger partial charge in [0.25, 0.3) is 5.91 Å². The van der Waals surface area contributed by atoms with Crippen LogP contribution in [0.3, 0.4) is 0 Å². The van der Waals surface area contributed by atoms with E-state index in [1.165, 1.54) is 18.3 Å². The molecule has 2 aromatic carbocycles. The first kappa shape index (κ1) is 22.6. The highest BCUT2D eigenvalue weighted by molar-refractivity contribution is 8.00. The maximum atomic E-state index is 13.1. The number of nitrogens with zero attached hydrogens (tertiary/aromatic N) is 1. The number of hydrogen-bond acceptors (Lipinski definition) is 6. The first-order valence-corrected chi connectivity index (χ1v) is 11.5. The second kappa shape index (κ2) is 10.4. The Labute approximate surface area is 194 Å². The Hall–Kier alpha value is -3.59. The number of hydrogen-bond donors (Lipinski definition) is 3. The van der Waals surface area contributed by atoms with Gasteiger partial charge in [-0.15, -0.1) is 11.8 Å². The van der Waals surface area contributed by atoms with Gasteiger partial charge in [0, 0.05) is 18.8 Å². The molecule has 0 bridgehead atoms. The van der Waals surface area contributed by atoms with Crippen molar-refractivity contribution in [3.8, 4) is 11.5 Å². The number of halogens is 1. The number of thioether (sulfide) groups is 1. The molecule has 0 aliphatic carbocycles. The highest BCUT2D eigenvalue weighted by Gasteiger charge is 2.28. The van der Waals surface area contributed by atoms with E-state index in [-0.39, 0.29) is 23.7 Å². The molecule has 3 aromatic rings. The Morgan fingerprint density at radius 2 is 2.00 bits per heavy atom. The van der Waals surface area contributed by atoms with Crippen LogP contribution in [-0.4, -0.2) is 35.1 Å². The quantitative estimate of drug-likeness (QED) is 0.512. The Morgan fingerprint density at radius 1 is 1.18 bits per heavy atom. The van der Waals surface area contributed by atoms with Crippen molar-refractivity contribution in [2.45, 2.75) is 17.7 Å². The van der Waals surface area contributed by atoms with Gasteiger partial charge in [0.15, 0.2) is 0 Å². The Kier molecular flexibility index (Phi) is 7.09. The van der Waals surface area contributed by atoms with E-state index in [4.69, 9.17) is 10.5 Å². The van der Waals surface area contributed by atoms with Crippen LogP contribution in [-0.2, 0) is 4.79 Å². The third-order valence-electron chi connectivity index (χ3n) is 5.10. The molecule has 1 fully saturated rings. The van der Waals surface area contributed by atoms with Crippen LogP contribution in [0.25, 0.3) is 0 Å². The van der Waals surface area contributed by atoms with Gasteiger partial charge in [-0.05, 0) is 66.3 Å². The van der Waals surface area contributed by atoms with Crippen LogP contribution in [0, 0.1) is 5.82 Å². The molecule has 170 valence electrons. The summed E-state index contributed by atoms with van der Waals surface area (Å²) in [5.41, 5.74) is 6.78. The minimum Gasteiger partial charge on any atom is -0.457 e. The minimum absolute atomic E-state index is 0.121. The number of anilines is 1. The van der Waals surface area contributed by atoms with E-state index in [1.54, 1.807) is 42.1 Å². The number of aromatic nitrogens is 1. The molecule has 0 unspecified atom stereocenters. The summed E-state index contributed by atoms with van der Waals surface area (Å²) in [7, 11) is 0. The standard InChI is InChI=1S/C24H23FN4O3S/c25-17-5-7-19(8-6-17)32-20-3-1-2-15(12-20)22-24(31)29-18(10-11-33-22)14-28-23(30)16-4-9-21(26)27-13-16/h1-9,12-13,18,22H,10-11,14H2,(H2,26,27)(H,28,30)(H,29,31)/t18-,22+/m0/s1. The SMILES string of the molecule is Nc1ccc(C(=O)NC[C@@H]2CCS[C@H](c3cccc(Oc4ccc(F)cc4)c3)C(=O)N2)cn1. The number of nitrogen functional groups attached to an aromatic ring is 1. The van der Waals surface area contributed by atoms with Gasteiger partial charge in [0.2, 0.25) is 5.91 Å². The summed E-state index contributed by atoms with van der Waals surface area (Å²) in [5.74, 6) is 1.45. The molecule has 4 N–H and O–H groups in total. The third kappa shape index (κ3) is 6.01. The second-order valence-electron chi connectivity index (χ2n) is 7.56. The van der Waals surface area contributed by atoms with Crippen LogP contribution in [0.4, 0.5) is 10.2 Å². The van der Waals surface area contributed by atoms with Gasteiger partial charge < -0.3 is 21.1 Å². The molecule has 0 radical (unpaired) electrons. The Balaban J connectivity index is 1.36. The highest BCUT2D eigenvalue weighted by atomic mass is 32.2. The lowest BCUT2D eigenvalue weighted by Crippen LogP contribution is -2.43. The van der Waals surface area contributed by atoms with Crippen molar-refractivity contribution in [3.05, 3.63) is 83.8 Å². The number of carbonyl (C=O) groups excluding carboxylic acids is 2.